The van der Waals surface area contributed by atoms with Crippen LogP contribution in [0.4, 0.5) is 0 Å². The van der Waals surface area contributed by atoms with Crippen LogP contribution in [0.3, 0.4) is 0 Å². The van der Waals surface area contributed by atoms with Crippen LogP contribution in [-0.4, -0.2) is 11.9 Å². The van der Waals surface area contributed by atoms with Crippen molar-refractivity contribution >= 4 is 0 Å². The highest BCUT2D eigenvalue weighted by Gasteiger charge is 2.16. The van der Waals surface area contributed by atoms with Gasteiger partial charge >= 0.3 is 0 Å². The van der Waals surface area contributed by atoms with E-state index in [0.717, 1.165) is 0 Å². The molecule has 0 spiro atoms. The Kier molecular flexibility index (Phi) is 3.42. The van der Waals surface area contributed by atoms with E-state index in [1.165, 1.54) is 22.4 Å². The topological polar surface area (TPSA) is 3.24 Å². The van der Waals surface area contributed by atoms with Crippen molar-refractivity contribution in [1.29, 1.82) is 0 Å². The van der Waals surface area contributed by atoms with Crippen molar-refractivity contribution in [3.63, 3.8) is 0 Å². The number of nitrogens with zero attached hydrogens (tertiary/aromatic N) is 1. The lowest BCUT2D eigenvalue weighted by Gasteiger charge is -2.31. The maximum Gasteiger partial charge on any atom is 0.0723 e. The van der Waals surface area contributed by atoms with Gasteiger partial charge in [0.1, 0.15) is 0 Å². The van der Waals surface area contributed by atoms with Crippen LogP contribution in [-0.2, 0) is 0 Å². The molecule has 1 aliphatic heterocycles. The molecule has 100 valence electrons. The van der Waals surface area contributed by atoms with E-state index in [0.29, 0.717) is 6.04 Å². The monoisotopic (exact) mass is 261 g/mol. The second kappa shape index (κ2) is 5.38. The molecule has 0 saturated heterocycles. The highest BCUT2D eigenvalue weighted by molar-refractivity contribution is 5.64. The third-order valence-electron chi connectivity index (χ3n) is 3.94. The average molecular weight is 261 g/mol. The van der Waals surface area contributed by atoms with Gasteiger partial charge in [-0.2, -0.15) is 0 Å². The van der Waals surface area contributed by atoms with Crippen molar-refractivity contribution in [1.82, 2.24) is 4.90 Å². The normalized spacial score (nSPS) is 18.0. The molecule has 0 radical (unpaired) electrons. The summed E-state index contributed by atoms with van der Waals surface area (Å²) in [6, 6.07) is 19.7. The first kappa shape index (κ1) is 12.7. The van der Waals surface area contributed by atoms with Crippen LogP contribution < -0.4 is 0 Å². The molecule has 0 N–H and O–H groups in total. The summed E-state index contributed by atoms with van der Waals surface area (Å²) in [5.41, 5.74) is 5.17. The van der Waals surface area contributed by atoms with Crippen molar-refractivity contribution in [2.24, 2.45) is 0 Å². The molecule has 1 heterocycles. The zero-order valence-electron chi connectivity index (χ0n) is 12.0. The molecular formula is C19H19N. The Bertz CT molecular complexity index is 652. The molecule has 1 aliphatic rings. The molecule has 0 saturated carbocycles. The van der Waals surface area contributed by atoms with Gasteiger partial charge in [-0.1, -0.05) is 60.7 Å². The van der Waals surface area contributed by atoms with Gasteiger partial charge in [0.25, 0.3) is 0 Å². The van der Waals surface area contributed by atoms with Crippen LogP contribution in [0.15, 0.2) is 78.5 Å². The summed E-state index contributed by atoms with van der Waals surface area (Å²) < 4.78 is 0. The number of benzene rings is 2. The molecule has 1 atom stereocenters. The lowest BCUT2D eigenvalue weighted by molar-refractivity contribution is 0.356. The molecule has 1 unspecified atom stereocenters. The third-order valence-corrected chi connectivity index (χ3v) is 3.94. The van der Waals surface area contributed by atoms with E-state index < -0.39 is 0 Å². The molecule has 0 aliphatic carbocycles. The molecule has 0 fully saturated rings. The fraction of sp³-hybridized carbons (Fsp3) is 0.158. The van der Waals surface area contributed by atoms with Gasteiger partial charge in [-0.3, -0.25) is 0 Å². The predicted octanol–water partition coefficient (Wildman–Crippen LogP) is 4.80. The molecule has 1 heteroatoms. The van der Waals surface area contributed by atoms with Crippen LogP contribution in [0, 0.1) is 0 Å². The minimum absolute atomic E-state index is 0.323. The molecule has 0 amide bonds. The predicted molar refractivity (Wildman–Crippen MR) is 85.3 cm³/mol. The largest absolute Gasteiger partial charge is 0.368 e. The summed E-state index contributed by atoms with van der Waals surface area (Å²) in [5.74, 6) is 0. The van der Waals surface area contributed by atoms with E-state index >= 15 is 0 Å². The van der Waals surface area contributed by atoms with E-state index in [4.69, 9.17) is 0 Å². The first-order valence-corrected chi connectivity index (χ1v) is 6.99. The Balaban J connectivity index is 1.97. The standard InChI is InChI=1S/C19H19N/c1-15-8-6-13-19(20(15)2)18-12-7-11-17(14-18)16-9-4-3-5-10-16/h3-14,19H,1-2H3. The van der Waals surface area contributed by atoms with Gasteiger partial charge in [0.2, 0.25) is 0 Å². The Morgan fingerprint density at radius 2 is 1.65 bits per heavy atom. The maximum absolute atomic E-state index is 2.31. The number of allylic oxidation sites excluding steroid dienone is 3. The van der Waals surface area contributed by atoms with Gasteiger partial charge in [0, 0.05) is 12.7 Å². The average Bonchev–Trinajstić information content (AvgIpc) is 2.51. The summed E-state index contributed by atoms with van der Waals surface area (Å²) in [6.07, 6.45) is 6.55. The number of rotatable bonds is 2. The van der Waals surface area contributed by atoms with Gasteiger partial charge in [0.05, 0.1) is 6.04 Å². The number of likely N-dealkylation sites (N-methyl/N-ethyl adjacent to an activating group) is 1. The highest BCUT2D eigenvalue weighted by atomic mass is 15.1. The first-order valence-electron chi connectivity index (χ1n) is 6.99. The van der Waals surface area contributed by atoms with E-state index in [1.807, 2.05) is 0 Å². The molecule has 2 aromatic rings. The second-order valence-corrected chi connectivity index (χ2v) is 5.24. The fourth-order valence-corrected chi connectivity index (χ4v) is 2.63. The minimum Gasteiger partial charge on any atom is -0.368 e. The van der Waals surface area contributed by atoms with Gasteiger partial charge < -0.3 is 4.90 Å². The van der Waals surface area contributed by atoms with Crippen molar-refractivity contribution in [2.75, 3.05) is 7.05 Å². The SMILES string of the molecule is CC1=CC=CC(c2cccc(-c3ccccc3)c2)N1C. The van der Waals surface area contributed by atoms with Crippen LogP contribution >= 0.6 is 0 Å². The minimum atomic E-state index is 0.323. The van der Waals surface area contributed by atoms with Crippen molar-refractivity contribution < 1.29 is 0 Å². The Labute approximate surface area is 120 Å². The van der Waals surface area contributed by atoms with Crippen molar-refractivity contribution in [3.05, 3.63) is 84.1 Å². The van der Waals surface area contributed by atoms with Crippen LogP contribution in [0.5, 0.6) is 0 Å². The Hall–Kier alpha value is -2.28. The summed E-state index contributed by atoms with van der Waals surface area (Å²) in [4.78, 5) is 2.31. The molecule has 3 rings (SSSR count). The van der Waals surface area contributed by atoms with Crippen molar-refractivity contribution in [3.8, 4) is 11.1 Å². The third kappa shape index (κ3) is 2.39. The van der Waals surface area contributed by atoms with Crippen LogP contribution in [0.25, 0.3) is 11.1 Å². The summed E-state index contributed by atoms with van der Waals surface area (Å²) >= 11 is 0. The zero-order valence-corrected chi connectivity index (χ0v) is 12.0. The van der Waals surface area contributed by atoms with Gasteiger partial charge in [-0.25, -0.2) is 0 Å². The van der Waals surface area contributed by atoms with E-state index in [1.54, 1.807) is 0 Å². The number of hydrogen-bond donors (Lipinski definition) is 0. The molecule has 20 heavy (non-hydrogen) atoms. The molecule has 0 bridgehead atoms. The Morgan fingerprint density at radius 1 is 0.900 bits per heavy atom. The molecule has 2 aromatic carbocycles. The maximum atomic E-state index is 2.31. The van der Waals surface area contributed by atoms with Gasteiger partial charge in [-0.05, 0) is 35.8 Å². The quantitative estimate of drug-likeness (QED) is 0.750. The van der Waals surface area contributed by atoms with Crippen LogP contribution in [0.1, 0.15) is 18.5 Å². The van der Waals surface area contributed by atoms with Gasteiger partial charge in [-0.15, -0.1) is 0 Å². The smallest absolute Gasteiger partial charge is 0.0723 e. The van der Waals surface area contributed by atoms with E-state index in [-0.39, 0.29) is 0 Å². The first-order chi connectivity index (χ1) is 9.75. The number of hydrogen-bond acceptors (Lipinski definition) is 1. The second-order valence-electron chi connectivity index (χ2n) is 5.24. The highest BCUT2D eigenvalue weighted by Crippen LogP contribution is 2.30. The summed E-state index contributed by atoms with van der Waals surface area (Å²) in [5, 5.41) is 0. The lowest BCUT2D eigenvalue weighted by atomic mass is 9.97. The summed E-state index contributed by atoms with van der Waals surface area (Å²) in [7, 11) is 2.15. The Morgan fingerprint density at radius 3 is 2.45 bits per heavy atom. The zero-order chi connectivity index (χ0) is 13.9. The lowest BCUT2D eigenvalue weighted by Crippen LogP contribution is -2.23. The van der Waals surface area contributed by atoms with E-state index in [2.05, 4.69) is 91.7 Å². The molecule has 1 nitrogen and oxygen atoms in total. The molecule has 0 aromatic heterocycles. The van der Waals surface area contributed by atoms with Crippen LogP contribution in [0.2, 0.25) is 0 Å². The van der Waals surface area contributed by atoms with E-state index in [9.17, 15) is 0 Å². The fourth-order valence-electron chi connectivity index (χ4n) is 2.63. The van der Waals surface area contributed by atoms with Gasteiger partial charge in [0.15, 0.2) is 0 Å². The van der Waals surface area contributed by atoms with Crippen molar-refractivity contribution in [2.45, 2.75) is 13.0 Å². The summed E-state index contributed by atoms with van der Waals surface area (Å²) in [6.45, 7) is 2.15. The molecular weight excluding hydrogens is 242 g/mol.